The molecule has 3 nitrogen and oxygen atoms in total. The number of hydrogen-bond donors (Lipinski definition) is 0. The zero-order chi connectivity index (χ0) is 11.4. The van der Waals surface area contributed by atoms with Crippen molar-refractivity contribution in [2.24, 2.45) is 10.2 Å². The van der Waals surface area contributed by atoms with Gasteiger partial charge >= 0.3 is 0 Å². The molecule has 0 N–H and O–H groups in total. The maximum atomic E-state index is 5.24. The standard InChI is InChI=1S/C12H11BrN2O/c1-9(12-3-2-8-16-12)14-15-11-6-4-10(13)5-7-11/h2-9H,1H3. The highest BCUT2D eigenvalue weighted by Gasteiger charge is 2.05. The summed E-state index contributed by atoms with van der Waals surface area (Å²) in [4.78, 5) is 0. The first-order chi connectivity index (χ1) is 7.75. The van der Waals surface area contributed by atoms with E-state index in [9.17, 15) is 0 Å². The molecule has 0 radical (unpaired) electrons. The molecule has 0 saturated carbocycles. The highest BCUT2D eigenvalue weighted by atomic mass is 79.9. The van der Waals surface area contributed by atoms with Crippen molar-refractivity contribution in [3.63, 3.8) is 0 Å². The molecule has 0 aliphatic heterocycles. The Morgan fingerprint density at radius 3 is 2.56 bits per heavy atom. The lowest BCUT2D eigenvalue weighted by Crippen LogP contribution is -1.83. The van der Waals surface area contributed by atoms with E-state index in [-0.39, 0.29) is 6.04 Å². The summed E-state index contributed by atoms with van der Waals surface area (Å²) in [5.74, 6) is 0.820. The van der Waals surface area contributed by atoms with Crippen molar-refractivity contribution in [2.45, 2.75) is 13.0 Å². The molecular formula is C12H11BrN2O. The third kappa shape index (κ3) is 2.79. The summed E-state index contributed by atoms with van der Waals surface area (Å²) >= 11 is 3.37. The van der Waals surface area contributed by atoms with Gasteiger partial charge in [-0.2, -0.15) is 10.2 Å². The van der Waals surface area contributed by atoms with Crippen molar-refractivity contribution in [1.29, 1.82) is 0 Å². The van der Waals surface area contributed by atoms with Gasteiger partial charge < -0.3 is 4.42 Å². The highest BCUT2D eigenvalue weighted by Crippen LogP contribution is 2.21. The Balaban J connectivity index is 2.07. The Labute approximate surface area is 102 Å². The number of hydrogen-bond acceptors (Lipinski definition) is 3. The van der Waals surface area contributed by atoms with E-state index in [2.05, 4.69) is 26.2 Å². The van der Waals surface area contributed by atoms with Crippen LogP contribution in [-0.2, 0) is 0 Å². The van der Waals surface area contributed by atoms with Crippen LogP contribution in [-0.4, -0.2) is 0 Å². The van der Waals surface area contributed by atoms with Gasteiger partial charge in [0.1, 0.15) is 11.8 Å². The van der Waals surface area contributed by atoms with Gasteiger partial charge in [0, 0.05) is 4.47 Å². The van der Waals surface area contributed by atoms with Gasteiger partial charge in [-0.3, -0.25) is 0 Å². The topological polar surface area (TPSA) is 37.9 Å². The fourth-order valence-electron chi connectivity index (χ4n) is 1.25. The van der Waals surface area contributed by atoms with Crippen LogP contribution in [0.3, 0.4) is 0 Å². The Kier molecular flexibility index (Phi) is 3.51. The van der Waals surface area contributed by atoms with Crippen LogP contribution in [0.5, 0.6) is 0 Å². The van der Waals surface area contributed by atoms with Gasteiger partial charge in [-0.15, -0.1) is 0 Å². The first-order valence-electron chi connectivity index (χ1n) is 4.95. The lowest BCUT2D eigenvalue weighted by molar-refractivity contribution is 0.474. The van der Waals surface area contributed by atoms with Gasteiger partial charge in [0.05, 0.1) is 12.0 Å². The second-order valence-electron chi connectivity index (χ2n) is 3.38. The molecule has 0 bridgehead atoms. The van der Waals surface area contributed by atoms with E-state index < -0.39 is 0 Å². The van der Waals surface area contributed by atoms with Crippen molar-refractivity contribution >= 4 is 21.6 Å². The molecular weight excluding hydrogens is 268 g/mol. The largest absolute Gasteiger partial charge is 0.467 e. The molecule has 16 heavy (non-hydrogen) atoms. The first-order valence-corrected chi connectivity index (χ1v) is 5.75. The average molecular weight is 279 g/mol. The van der Waals surface area contributed by atoms with Crippen molar-refractivity contribution < 1.29 is 4.42 Å². The highest BCUT2D eigenvalue weighted by molar-refractivity contribution is 9.10. The minimum atomic E-state index is -0.0568. The van der Waals surface area contributed by atoms with Gasteiger partial charge in [-0.1, -0.05) is 15.9 Å². The molecule has 0 saturated heterocycles. The number of halogens is 1. The molecule has 1 heterocycles. The zero-order valence-electron chi connectivity index (χ0n) is 8.80. The fourth-order valence-corrected chi connectivity index (χ4v) is 1.51. The Hall–Kier alpha value is -1.42. The van der Waals surface area contributed by atoms with Crippen LogP contribution in [0.4, 0.5) is 5.69 Å². The quantitative estimate of drug-likeness (QED) is 0.737. The van der Waals surface area contributed by atoms with Crippen molar-refractivity contribution in [3.8, 4) is 0 Å². The number of nitrogens with zero attached hydrogens (tertiary/aromatic N) is 2. The van der Waals surface area contributed by atoms with E-state index in [1.165, 1.54) is 0 Å². The summed E-state index contributed by atoms with van der Waals surface area (Å²) in [5.41, 5.74) is 0.835. The molecule has 4 heteroatoms. The third-order valence-electron chi connectivity index (χ3n) is 2.13. The van der Waals surface area contributed by atoms with Crippen molar-refractivity contribution in [3.05, 3.63) is 52.9 Å². The van der Waals surface area contributed by atoms with E-state index in [1.54, 1.807) is 6.26 Å². The molecule has 0 aliphatic carbocycles. The van der Waals surface area contributed by atoms with Gasteiger partial charge in [-0.05, 0) is 43.3 Å². The van der Waals surface area contributed by atoms with Gasteiger partial charge in [0.25, 0.3) is 0 Å². The maximum absolute atomic E-state index is 5.24. The second kappa shape index (κ2) is 5.07. The predicted octanol–water partition coefficient (Wildman–Crippen LogP) is 4.89. The summed E-state index contributed by atoms with van der Waals surface area (Å²) in [6.45, 7) is 1.95. The lowest BCUT2D eigenvalue weighted by atomic mass is 10.3. The maximum Gasteiger partial charge on any atom is 0.129 e. The molecule has 1 atom stereocenters. The van der Waals surface area contributed by atoms with E-state index in [1.807, 2.05) is 43.3 Å². The summed E-state index contributed by atoms with van der Waals surface area (Å²) in [6, 6.07) is 11.4. The summed E-state index contributed by atoms with van der Waals surface area (Å²) in [7, 11) is 0. The van der Waals surface area contributed by atoms with E-state index in [0.29, 0.717) is 0 Å². The molecule has 2 aromatic rings. The van der Waals surface area contributed by atoms with Gasteiger partial charge in [0.15, 0.2) is 0 Å². The molecule has 0 spiro atoms. The van der Waals surface area contributed by atoms with Crippen LogP contribution in [0.2, 0.25) is 0 Å². The molecule has 0 fully saturated rings. The van der Waals surface area contributed by atoms with Crippen molar-refractivity contribution in [2.75, 3.05) is 0 Å². The second-order valence-corrected chi connectivity index (χ2v) is 4.30. The molecule has 2 rings (SSSR count). The molecule has 1 unspecified atom stereocenters. The Bertz CT molecular complexity index is 462. The fraction of sp³-hybridized carbons (Fsp3) is 0.167. The van der Waals surface area contributed by atoms with Crippen LogP contribution in [0.25, 0.3) is 0 Å². The van der Waals surface area contributed by atoms with E-state index >= 15 is 0 Å². The zero-order valence-corrected chi connectivity index (χ0v) is 10.4. The van der Waals surface area contributed by atoms with Gasteiger partial charge in [-0.25, -0.2) is 0 Å². The number of azo groups is 1. The van der Waals surface area contributed by atoms with Crippen LogP contribution >= 0.6 is 15.9 Å². The summed E-state index contributed by atoms with van der Waals surface area (Å²) in [5, 5.41) is 8.33. The Morgan fingerprint density at radius 1 is 1.19 bits per heavy atom. The number of benzene rings is 1. The molecule has 82 valence electrons. The Morgan fingerprint density at radius 2 is 1.94 bits per heavy atom. The summed E-state index contributed by atoms with van der Waals surface area (Å²) in [6.07, 6.45) is 1.64. The minimum Gasteiger partial charge on any atom is -0.467 e. The monoisotopic (exact) mass is 278 g/mol. The van der Waals surface area contributed by atoms with Crippen LogP contribution in [0.15, 0.2) is 61.8 Å². The first kappa shape index (κ1) is 11.1. The van der Waals surface area contributed by atoms with Crippen molar-refractivity contribution in [1.82, 2.24) is 0 Å². The summed E-state index contributed by atoms with van der Waals surface area (Å²) < 4.78 is 6.27. The predicted molar refractivity (Wildman–Crippen MR) is 65.8 cm³/mol. The smallest absolute Gasteiger partial charge is 0.129 e. The average Bonchev–Trinajstić information content (AvgIpc) is 2.81. The van der Waals surface area contributed by atoms with E-state index in [4.69, 9.17) is 4.42 Å². The van der Waals surface area contributed by atoms with Gasteiger partial charge in [0.2, 0.25) is 0 Å². The van der Waals surface area contributed by atoms with Crippen LogP contribution in [0, 0.1) is 0 Å². The SMILES string of the molecule is CC(N=Nc1ccc(Br)cc1)c1ccco1. The van der Waals surface area contributed by atoms with Crippen LogP contribution in [0.1, 0.15) is 18.7 Å². The molecule has 1 aromatic heterocycles. The van der Waals surface area contributed by atoms with E-state index in [0.717, 1.165) is 15.9 Å². The minimum absolute atomic E-state index is 0.0568. The number of furan rings is 1. The van der Waals surface area contributed by atoms with Crippen LogP contribution < -0.4 is 0 Å². The third-order valence-corrected chi connectivity index (χ3v) is 2.66. The normalized spacial score (nSPS) is 13.1. The lowest BCUT2D eigenvalue weighted by Gasteiger charge is -1.99. The molecule has 0 amide bonds. The number of rotatable bonds is 3. The molecule has 1 aromatic carbocycles. The molecule has 0 aliphatic rings.